The number of nitrogens with two attached hydrogens (primary N) is 1. The molecule has 1 unspecified atom stereocenters. The number of nitrogens with one attached hydrogen (secondary N) is 1. The Morgan fingerprint density at radius 1 is 1.69 bits per heavy atom. The molecule has 1 amide bonds. The molecule has 1 heterocycles. The first-order valence-electron chi connectivity index (χ1n) is 5.57. The minimum atomic E-state index is -0.381. The van der Waals surface area contributed by atoms with E-state index in [0.29, 0.717) is 6.54 Å². The second-order valence-electron chi connectivity index (χ2n) is 3.83. The highest BCUT2D eigenvalue weighted by Crippen LogP contribution is 2.11. The summed E-state index contributed by atoms with van der Waals surface area (Å²) in [6.07, 6.45) is 2.81. The van der Waals surface area contributed by atoms with Crippen LogP contribution in [-0.2, 0) is 11.3 Å². The quantitative estimate of drug-likeness (QED) is 0.794. The smallest absolute Gasteiger partial charge is 0.237 e. The molecule has 16 heavy (non-hydrogen) atoms. The number of aryl methyl sites for hydroxylation is 1. The molecule has 1 atom stereocenters. The van der Waals surface area contributed by atoms with E-state index in [1.807, 2.05) is 6.92 Å². The number of hydrogen-bond donors (Lipinski definition) is 2. The third-order valence-corrected chi connectivity index (χ3v) is 3.41. The van der Waals surface area contributed by atoms with Gasteiger partial charge >= 0.3 is 0 Å². The summed E-state index contributed by atoms with van der Waals surface area (Å²) in [6.45, 7) is 4.56. The number of nitrogens with zero attached hydrogens (tertiary/aromatic N) is 1. The van der Waals surface area contributed by atoms with E-state index in [2.05, 4.69) is 17.2 Å². The van der Waals surface area contributed by atoms with Gasteiger partial charge in [-0.2, -0.15) is 0 Å². The molecule has 1 rings (SSSR count). The summed E-state index contributed by atoms with van der Waals surface area (Å²) in [5.41, 5.74) is 8.52. The monoisotopic (exact) mass is 241 g/mol. The van der Waals surface area contributed by atoms with E-state index in [4.69, 9.17) is 5.73 Å². The van der Waals surface area contributed by atoms with Crippen LogP contribution in [0.1, 0.15) is 36.8 Å². The van der Waals surface area contributed by atoms with E-state index >= 15 is 0 Å². The lowest BCUT2D eigenvalue weighted by molar-refractivity contribution is -0.122. The van der Waals surface area contributed by atoms with E-state index in [9.17, 15) is 4.79 Å². The van der Waals surface area contributed by atoms with E-state index < -0.39 is 0 Å². The lowest BCUT2D eigenvalue weighted by Gasteiger charge is -2.11. The predicted molar refractivity (Wildman–Crippen MR) is 66.2 cm³/mol. The van der Waals surface area contributed by atoms with Crippen LogP contribution < -0.4 is 11.1 Å². The highest BCUT2D eigenvalue weighted by molar-refractivity contribution is 7.09. The zero-order chi connectivity index (χ0) is 12.0. The first-order valence-corrected chi connectivity index (χ1v) is 6.45. The highest BCUT2D eigenvalue weighted by atomic mass is 32.1. The van der Waals surface area contributed by atoms with Gasteiger partial charge in [0.15, 0.2) is 0 Å². The number of aromatic nitrogens is 1. The maximum absolute atomic E-state index is 11.6. The Labute approximate surface area is 100 Å². The van der Waals surface area contributed by atoms with Crippen LogP contribution in [0.15, 0.2) is 5.51 Å². The second kappa shape index (κ2) is 6.60. The zero-order valence-electron chi connectivity index (χ0n) is 9.82. The molecule has 0 bridgehead atoms. The van der Waals surface area contributed by atoms with Gasteiger partial charge in [-0.25, -0.2) is 4.98 Å². The number of carbonyl (C=O) groups excluding carboxylic acids is 1. The maximum atomic E-state index is 11.6. The van der Waals surface area contributed by atoms with E-state index in [1.165, 1.54) is 0 Å². The van der Waals surface area contributed by atoms with Gasteiger partial charge in [0.25, 0.3) is 0 Å². The van der Waals surface area contributed by atoms with Crippen molar-refractivity contribution in [2.75, 3.05) is 0 Å². The zero-order valence-corrected chi connectivity index (χ0v) is 10.6. The molecule has 0 radical (unpaired) electrons. The fourth-order valence-electron chi connectivity index (χ4n) is 1.35. The summed E-state index contributed by atoms with van der Waals surface area (Å²) in [5.74, 6) is -0.0683. The van der Waals surface area contributed by atoms with Gasteiger partial charge in [-0.1, -0.05) is 19.8 Å². The lowest BCUT2D eigenvalue weighted by Crippen LogP contribution is -2.40. The third-order valence-electron chi connectivity index (χ3n) is 2.47. The Hall–Kier alpha value is -0.940. The van der Waals surface area contributed by atoms with Gasteiger partial charge in [-0.05, 0) is 13.3 Å². The first kappa shape index (κ1) is 13.1. The van der Waals surface area contributed by atoms with Crippen molar-refractivity contribution in [3.8, 4) is 0 Å². The number of carbonyl (C=O) groups is 1. The van der Waals surface area contributed by atoms with Crippen LogP contribution in [0.25, 0.3) is 0 Å². The fourth-order valence-corrected chi connectivity index (χ4v) is 2.07. The van der Waals surface area contributed by atoms with Crippen molar-refractivity contribution in [2.45, 2.75) is 45.7 Å². The molecule has 0 aliphatic carbocycles. The molecule has 3 N–H and O–H groups in total. The average molecular weight is 241 g/mol. The van der Waals surface area contributed by atoms with Crippen molar-refractivity contribution in [1.82, 2.24) is 10.3 Å². The van der Waals surface area contributed by atoms with Gasteiger partial charge in [-0.15, -0.1) is 11.3 Å². The van der Waals surface area contributed by atoms with Gasteiger partial charge in [0.05, 0.1) is 23.8 Å². The first-order chi connectivity index (χ1) is 7.65. The predicted octanol–water partition coefficient (Wildman–Crippen LogP) is 1.59. The molecular weight excluding hydrogens is 222 g/mol. The number of unbranched alkanes of at least 4 members (excludes halogenated alkanes) is 1. The Bertz CT molecular complexity index is 338. The van der Waals surface area contributed by atoms with Crippen molar-refractivity contribution in [3.63, 3.8) is 0 Å². The molecule has 5 heteroatoms. The molecule has 0 aromatic carbocycles. The standard InChI is InChI=1S/C11H19N3OS/c1-3-4-5-9(12)11(15)13-6-10-8(2)14-7-16-10/h7,9H,3-6,12H2,1-2H3,(H,13,15). The summed E-state index contributed by atoms with van der Waals surface area (Å²) in [4.78, 5) is 16.8. The van der Waals surface area contributed by atoms with Crippen molar-refractivity contribution in [1.29, 1.82) is 0 Å². The van der Waals surface area contributed by atoms with Crippen molar-refractivity contribution >= 4 is 17.2 Å². The minimum absolute atomic E-state index is 0.0683. The fraction of sp³-hybridized carbons (Fsp3) is 0.636. The topological polar surface area (TPSA) is 68.0 Å². The van der Waals surface area contributed by atoms with Gasteiger partial charge in [0.2, 0.25) is 5.91 Å². The van der Waals surface area contributed by atoms with Gasteiger partial charge in [-0.3, -0.25) is 4.79 Å². The molecular formula is C11H19N3OS. The highest BCUT2D eigenvalue weighted by Gasteiger charge is 2.12. The molecule has 0 saturated heterocycles. The SMILES string of the molecule is CCCCC(N)C(=O)NCc1scnc1C. The van der Waals surface area contributed by atoms with Crippen LogP contribution >= 0.6 is 11.3 Å². The Morgan fingerprint density at radius 3 is 3.00 bits per heavy atom. The molecule has 1 aromatic rings. The number of thiazole rings is 1. The summed E-state index contributed by atoms with van der Waals surface area (Å²) in [6, 6.07) is -0.381. The van der Waals surface area contributed by atoms with Crippen LogP contribution in [-0.4, -0.2) is 16.9 Å². The average Bonchev–Trinajstić information content (AvgIpc) is 2.68. The normalized spacial score (nSPS) is 12.4. The molecule has 1 aromatic heterocycles. The summed E-state index contributed by atoms with van der Waals surface area (Å²) < 4.78 is 0. The van der Waals surface area contributed by atoms with Crippen LogP contribution in [0.3, 0.4) is 0 Å². The van der Waals surface area contributed by atoms with Gasteiger partial charge in [0, 0.05) is 4.88 Å². The molecule has 4 nitrogen and oxygen atoms in total. The largest absolute Gasteiger partial charge is 0.350 e. The molecule has 0 aliphatic rings. The third kappa shape index (κ3) is 3.90. The minimum Gasteiger partial charge on any atom is -0.350 e. The summed E-state index contributed by atoms with van der Waals surface area (Å²) in [5, 5.41) is 2.84. The molecule has 0 fully saturated rings. The number of hydrogen-bond acceptors (Lipinski definition) is 4. The summed E-state index contributed by atoms with van der Waals surface area (Å²) in [7, 11) is 0. The number of amides is 1. The van der Waals surface area contributed by atoms with Crippen LogP contribution in [0.5, 0.6) is 0 Å². The second-order valence-corrected chi connectivity index (χ2v) is 4.77. The van der Waals surface area contributed by atoms with Crippen LogP contribution in [0.2, 0.25) is 0 Å². The molecule has 0 spiro atoms. The summed E-state index contributed by atoms with van der Waals surface area (Å²) >= 11 is 1.55. The molecule has 90 valence electrons. The van der Waals surface area contributed by atoms with Crippen LogP contribution in [0, 0.1) is 6.92 Å². The Morgan fingerprint density at radius 2 is 2.44 bits per heavy atom. The van der Waals surface area contributed by atoms with Gasteiger partial charge in [0.1, 0.15) is 0 Å². The molecule has 0 saturated carbocycles. The maximum Gasteiger partial charge on any atom is 0.237 e. The molecule has 0 aliphatic heterocycles. The van der Waals surface area contributed by atoms with Gasteiger partial charge < -0.3 is 11.1 Å². The van der Waals surface area contributed by atoms with E-state index in [-0.39, 0.29) is 11.9 Å². The Kier molecular flexibility index (Phi) is 5.42. The van der Waals surface area contributed by atoms with E-state index in [0.717, 1.165) is 29.8 Å². The Balaban J connectivity index is 2.32. The van der Waals surface area contributed by atoms with Crippen molar-refractivity contribution < 1.29 is 4.79 Å². The van der Waals surface area contributed by atoms with E-state index in [1.54, 1.807) is 16.8 Å². The van der Waals surface area contributed by atoms with Crippen LogP contribution in [0.4, 0.5) is 0 Å². The van der Waals surface area contributed by atoms with Crippen molar-refractivity contribution in [3.05, 3.63) is 16.1 Å². The van der Waals surface area contributed by atoms with Crippen molar-refractivity contribution in [2.24, 2.45) is 5.73 Å². The number of rotatable bonds is 6. The lowest BCUT2D eigenvalue weighted by atomic mass is 10.1.